The predicted molar refractivity (Wildman–Crippen MR) is 92.6 cm³/mol. The van der Waals surface area contributed by atoms with Gasteiger partial charge >= 0.3 is 5.97 Å². The molecule has 0 bridgehead atoms. The van der Waals surface area contributed by atoms with Crippen LogP contribution in [0.2, 0.25) is 5.02 Å². The highest BCUT2D eigenvalue weighted by molar-refractivity contribution is 6.30. The highest BCUT2D eigenvalue weighted by atomic mass is 35.5. The molecule has 1 unspecified atom stereocenters. The summed E-state index contributed by atoms with van der Waals surface area (Å²) >= 11 is 5.65. The van der Waals surface area contributed by atoms with Crippen molar-refractivity contribution in [3.8, 4) is 17.3 Å². The molecule has 0 fully saturated rings. The number of aromatic nitrogens is 4. The zero-order valence-electron chi connectivity index (χ0n) is 13.8. The minimum Gasteiger partial charge on any atom is -0.481 e. The maximum absolute atomic E-state index is 13.7. The summed E-state index contributed by atoms with van der Waals surface area (Å²) in [6.07, 6.45) is 1.54. The van der Waals surface area contributed by atoms with Crippen LogP contribution in [0.1, 0.15) is 12.1 Å². The van der Waals surface area contributed by atoms with Gasteiger partial charge in [0, 0.05) is 12.6 Å². The summed E-state index contributed by atoms with van der Waals surface area (Å²) in [4.78, 5) is 14.4. The normalized spacial score (nSPS) is 12.0. The van der Waals surface area contributed by atoms with E-state index in [0.29, 0.717) is 17.1 Å². The average Bonchev–Trinajstić information content (AvgIpc) is 3.05. The molecule has 0 spiro atoms. The van der Waals surface area contributed by atoms with E-state index in [4.69, 9.17) is 21.4 Å². The molecule has 0 amide bonds. The van der Waals surface area contributed by atoms with Gasteiger partial charge in [0.2, 0.25) is 0 Å². The van der Waals surface area contributed by atoms with E-state index in [1.807, 2.05) is 0 Å². The van der Waals surface area contributed by atoms with Gasteiger partial charge in [-0.05, 0) is 30.3 Å². The number of rotatable bonds is 7. The average molecular weight is 393 g/mol. The van der Waals surface area contributed by atoms with E-state index >= 15 is 0 Å². The molecule has 1 atom stereocenters. The van der Waals surface area contributed by atoms with Gasteiger partial charge in [0.05, 0.1) is 35.1 Å². The van der Waals surface area contributed by atoms with Crippen molar-refractivity contribution in [2.75, 3.05) is 0 Å². The molecule has 0 saturated carbocycles. The fourth-order valence-corrected chi connectivity index (χ4v) is 2.43. The van der Waals surface area contributed by atoms with Crippen LogP contribution >= 0.6 is 11.6 Å². The lowest BCUT2D eigenvalue weighted by molar-refractivity contribution is -0.139. The summed E-state index contributed by atoms with van der Waals surface area (Å²) in [7, 11) is 0. The predicted octanol–water partition coefficient (Wildman–Crippen LogP) is 2.63. The number of carboxylic acids is 1. The Bertz CT molecular complexity index is 948. The van der Waals surface area contributed by atoms with Crippen molar-refractivity contribution >= 4 is 17.6 Å². The number of hydrogen-bond donors (Lipinski definition) is 2. The smallest absolute Gasteiger partial charge is 0.305 e. The molecule has 3 aromatic rings. The van der Waals surface area contributed by atoms with E-state index in [2.05, 4.69) is 15.3 Å². The van der Waals surface area contributed by atoms with Crippen molar-refractivity contribution in [1.29, 1.82) is 0 Å². The van der Waals surface area contributed by atoms with Crippen LogP contribution in [-0.2, 0) is 11.2 Å². The second kappa shape index (κ2) is 8.11. The van der Waals surface area contributed by atoms with Crippen LogP contribution in [0.3, 0.4) is 0 Å². The molecule has 0 aliphatic rings. The fourth-order valence-electron chi connectivity index (χ4n) is 2.29. The number of ether oxygens (including phenoxy) is 1. The van der Waals surface area contributed by atoms with Crippen LogP contribution in [0.25, 0.3) is 5.69 Å². The zero-order chi connectivity index (χ0) is 19.4. The number of benzene rings is 1. The lowest BCUT2D eigenvalue weighted by Gasteiger charge is -2.07. The van der Waals surface area contributed by atoms with E-state index in [-0.39, 0.29) is 23.7 Å². The summed E-state index contributed by atoms with van der Waals surface area (Å²) in [6, 6.07) is 7.66. The van der Waals surface area contributed by atoms with Gasteiger partial charge in [0.25, 0.3) is 5.88 Å². The van der Waals surface area contributed by atoms with E-state index in [1.54, 1.807) is 30.5 Å². The second-order valence-electron chi connectivity index (χ2n) is 5.65. The summed E-state index contributed by atoms with van der Waals surface area (Å²) in [5.41, 5.74) is 1.11. The van der Waals surface area contributed by atoms with Crippen LogP contribution < -0.4 is 4.74 Å². The Morgan fingerprint density at radius 1 is 1.33 bits per heavy atom. The molecule has 8 nitrogen and oxygen atoms in total. The summed E-state index contributed by atoms with van der Waals surface area (Å²) in [5, 5.41) is 26.3. The Kier molecular flexibility index (Phi) is 5.63. The van der Waals surface area contributed by atoms with Gasteiger partial charge < -0.3 is 14.9 Å². The molecule has 2 aromatic heterocycles. The molecule has 140 valence electrons. The van der Waals surface area contributed by atoms with Crippen LogP contribution in [0.4, 0.5) is 4.39 Å². The number of carboxylic acid groups (broad SMARTS) is 1. The summed E-state index contributed by atoms with van der Waals surface area (Å²) < 4.78 is 20.6. The lowest BCUT2D eigenvalue weighted by atomic mass is 10.1. The lowest BCUT2D eigenvalue weighted by Crippen LogP contribution is -2.15. The van der Waals surface area contributed by atoms with Crippen molar-refractivity contribution in [2.24, 2.45) is 0 Å². The first-order valence-corrected chi connectivity index (χ1v) is 8.19. The first-order chi connectivity index (χ1) is 12.9. The van der Waals surface area contributed by atoms with Crippen molar-refractivity contribution in [3.63, 3.8) is 0 Å². The molecule has 2 N–H and O–H groups in total. The Hall–Kier alpha value is -3.04. The molecule has 27 heavy (non-hydrogen) atoms. The van der Waals surface area contributed by atoms with Gasteiger partial charge in [0.1, 0.15) is 5.75 Å². The zero-order valence-corrected chi connectivity index (χ0v) is 14.5. The Labute approximate surface area is 157 Å². The Balaban J connectivity index is 1.67. The summed E-state index contributed by atoms with van der Waals surface area (Å²) in [6.45, 7) is 0. The minimum atomic E-state index is -1.09. The number of carbonyl (C=O) groups is 1. The molecule has 2 heterocycles. The molecule has 0 aliphatic carbocycles. The Morgan fingerprint density at radius 3 is 2.74 bits per heavy atom. The van der Waals surface area contributed by atoms with E-state index in [9.17, 15) is 14.3 Å². The molecule has 0 aliphatic heterocycles. The molecule has 0 radical (unpaired) electrons. The monoisotopic (exact) mass is 392 g/mol. The number of hydrogen-bond acceptors (Lipinski definition) is 6. The SMILES string of the molecule is O=C(O)CC(O)Cc1cn(-c2ccc(Oc3ncc(Cl)cc3F)cc2)nn1. The fraction of sp³-hybridized carbons (Fsp3) is 0.176. The third kappa shape index (κ3) is 4.99. The Morgan fingerprint density at radius 2 is 2.07 bits per heavy atom. The van der Waals surface area contributed by atoms with Crippen LogP contribution in [0.5, 0.6) is 11.6 Å². The third-order valence-corrected chi connectivity index (χ3v) is 3.69. The van der Waals surface area contributed by atoms with Crippen LogP contribution in [0.15, 0.2) is 42.7 Å². The number of nitrogens with zero attached hydrogens (tertiary/aromatic N) is 4. The van der Waals surface area contributed by atoms with Crippen molar-refractivity contribution in [2.45, 2.75) is 18.9 Å². The molecule has 10 heteroatoms. The van der Waals surface area contributed by atoms with E-state index < -0.39 is 17.9 Å². The topological polar surface area (TPSA) is 110 Å². The number of pyridine rings is 1. The largest absolute Gasteiger partial charge is 0.481 e. The van der Waals surface area contributed by atoms with Gasteiger partial charge in [-0.2, -0.15) is 0 Å². The van der Waals surface area contributed by atoms with Gasteiger partial charge in [-0.3, -0.25) is 4.79 Å². The second-order valence-corrected chi connectivity index (χ2v) is 6.08. The van der Waals surface area contributed by atoms with E-state index in [0.717, 1.165) is 6.07 Å². The molecular formula is C17H14ClFN4O4. The van der Waals surface area contributed by atoms with Crippen LogP contribution in [-0.4, -0.2) is 42.3 Å². The first-order valence-electron chi connectivity index (χ1n) is 7.81. The van der Waals surface area contributed by atoms with Gasteiger partial charge in [-0.15, -0.1) is 5.10 Å². The number of aliphatic carboxylic acids is 1. The van der Waals surface area contributed by atoms with Gasteiger partial charge in [-0.1, -0.05) is 16.8 Å². The third-order valence-electron chi connectivity index (χ3n) is 3.49. The maximum Gasteiger partial charge on any atom is 0.305 e. The molecule has 0 saturated heterocycles. The maximum atomic E-state index is 13.7. The minimum absolute atomic E-state index is 0.0784. The van der Waals surface area contributed by atoms with Gasteiger partial charge in [0.15, 0.2) is 5.82 Å². The summed E-state index contributed by atoms with van der Waals surface area (Å²) in [5.74, 6) is -1.59. The van der Waals surface area contributed by atoms with Crippen molar-refractivity contribution in [1.82, 2.24) is 20.0 Å². The number of halogens is 2. The quantitative estimate of drug-likeness (QED) is 0.635. The molecule has 1 aromatic carbocycles. The first kappa shape index (κ1) is 18.7. The highest BCUT2D eigenvalue weighted by Gasteiger charge is 2.13. The highest BCUT2D eigenvalue weighted by Crippen LogP contribution is 2.24. The van der Waals surface area contributed by atoms with Gasteiger partial charge in [-0.25, -0.2) is 14.1 Å². The van der Waals surface area contributed by atoms with Crippen molar-refractivity contribution < 1.29 is 24.1 Å². The molecular weight excluding hydrogens is 379 g/mol. The number of aliphatic hydroxyl groups is 1. The molecule has 3 rings (SSSR count). The van der Waals surface area contributed by atoms with E-state index in [1.165, 1.54) is 10.9 Å². The van der Waals surface area contributed by atoms with Crippen LogP contribution in [0, 0.1) is 5.82 Å². The standard InChI is InChI=1S/C17H14ClFN4O4/c18-10-5-15(19)17(20-8-10)27-14-3-1-12(2-4-14)23-9-11(21-22-23)6-13(24)7-16(25)26/h1-5,8-9,13,24H,6-7H2,(H,25,26). The van der Waals surface area contributed by atoms with Crippen molar-refractivity contribution in [3.05, 3.63) is 59.3 Å². The number of aliphatic hydroxyl groups excluding tert-OH is 1.